The minimum absolute atomic E-state index is 0.213. The molecular formula is C22H20F4N4O5. The average molecular weight is 496 g/mol. The maximum absolute atomic E-state index is 13.3. The summed E-state index contributed by atoms with van der Waals surface area (Å²) in [6, 6.07) is 9.56. The van der Waals surface area contributed by atoms with Crippen LogP contribution in [-0.4, -0.2) is 44.9 Å². The summed E-state index contributed by atoms with van der Waals surface area (Å²) in [5.74, 6) is -1.66. The van der Waals surface area contributed by atoms with Crippen molar-refractivity contribution < 1.29 is 41.5 Å². The summed E-state index contributed by atoms with van der Waals surface area (Å²) in [5, 5.41) is 14.0. The van der Waals surface area contributed by atoms with Crippen LogP contribution in [0.15, 0.2) is 53.3 Å². The third-order valence-corrected chi connectivity index (χ3v) is 4.78. The van der Waals surface area contributed by atoms with E-state index in [2.05, 4.69) is 15.5 Å². The molecule has 9 nitrogen and oxygen atoms in total. The number of carboxylic acids is 1. The van der Waals surface area contributed by atoms with Crippen molar-refractivity contribution in [1.82, 2.24) is 20.4 Å². The highest BCUT2D eigenvalue weighted by Gasteiger charge is 2.38. The van der Waals surface area contributed by atoms with Crippen molar-refractivity contribution in [2.24, 2.45) is 0 Å². The van der Waals surface area contributed by atoms with E-state index in [1.54, 1.807) is 35.5 Å². The molecule has 0 aliphatic carbocycles. The summed E-state index contributed by atoms with van der Waals surface area (Å²) < 4.78 is 56.1. The van der Waals surface area contributed by atoms with Gasteiger partial charge in [-0.25, -0.2) is 14.0 Å². The fourth-order valence-corrected chi connectivity index (χ4v) is 3.07. The summed E-state index contributed by atoms with van der Waals surface area (Å²) >= 11 is 0. The molecule has 0 unspecified atom stereocenters. The van der Waals surface area contributed by atoms with Gasteiger partial charge in [0.1, 0.15) is 29.6 Å². The van der Waals surface area contributed by atoms with Crippen molar-refractivity contribution >= 4 is 12.0 Å². The minimum Gasteiger partial charge on any atom is -0.486 e. The first-order valence-electron chi connectivity index (χ1n) is 10.2. The third kappa shape index (κ3) is 7.42. The van der Waals surface area contributed by atoms with Gasteiger partial charge in [-0.2, -0.15) is 13.2 Å². The van der Waals surface area contributed by atoms with Crippen LogP contribution in [0.4, 0.5) is 22.4 Å². The highest BCUT2D eigenvalue weighted by Crippen LogP contribution is 2.24. The molecule has 35 heavy (non-hydrogen) atoms. The fraction of sp³-hybridized carbons (Fsp3) is 0.273. The number of carboxylic acid groups (broad SMARTS) is 1. The summed E-state index contributed by atoms with van der Waals surface area (Å²) in [7, 11) is 0. The monoisotopic (exact) mass is 496 g/mol. The number of ether oxygens (including phenoxy) is 1. The summed E-state index contributed by atoms with van der Waals surface area (Å²) in [6.45, 7) is 1.42. The SMILES string of the molecule is O=C(NCc1cccc(F)c1)N1CCc2onc(COc3cccnc3)c2C1.O=C(O)C(F)(F)F. The van der Waals surface area contributed by atoms with Crippen LogP contribution >= 0.6 is 0 Å². The number of fused-ring (bicyclic) bond motifs is 1. The Morgan fingerprint density at radius 3 is 2.66 bits per heavy atom. The zero-order valence-corrected chi connectivity index (χ0v) is 18.1. The number of rotatable bonds is 5. The Bertz CT molecular complexity index is 1150. The largest absolute Gasteiger partial charge is 0.490 e. The van der Waals surface area contributed by atoms with Gasteiger partial charge in [0.05, 0.1) is 12.7 Å². The van der Waals surface area contributed by atoms with E-state index in [1.807, 2.05) is 6.07 Å². The van der Waals surface area contributed by atoms with E-state index in [-0.39, 0.29) is 25.0 Å². The Kier molecular flexibility index (Phi) is 8.23. The molecule has 0 saturated heterocycles. The first kappa shape index (κ1) is 25.5. The second-order valence-corrected chi connectivity index (χ2v) is 7.27. The highest BCUT2D eigenvalue weighted by molar-refractivity contribution is 5.74. The number of hydrogen-bond acceptors (Lipinski definition) is 6. The van der Waals surface area contributed by atoms with E-state index in [1.165, 1.54) is 12.1 Å². The molecule has 1 aromatic carbocycles. The molecule has 2 aromatic heterocycles. The molecule has 4 rings (SSSR count). The van der Waals surface area contributed by atoms with Crippen LogP contribution in [0, 0.1) is 5.82 Å². The van der Waals surface area contributed by atoms with Gasteiger partial charge < -0.3 is 24.6 Å². The van der Waals surface area contributed by atoms with Gasteiger partial charge in [0.25, 0.3) is 0 Å². The smallest absolute Gasteiger partial charge is 0.486 e. The number of nitrogens with one attached hydrogen (secondary N) is 1. The molecule has 0 bridgehead atoms. The molecule has 2 N–H and O–H groups in total. The fourth-order valence-electron chi connectivity index (χ4n) is 3.07. The number of halogens is 4. The summed E-state index contributed by atoms with van der Waals surface area (Å²) in [5.41, 5.74) is 2.25. The second kappa shape index (κ2) is 11.3. The van der Waals surface area contributed by atoms with Crippen molar-refractivity contribution in [2.45, 2.75) is 32.3 Å². The van der Waals surface area contributed by atoms with Crippen LogP contribution in [0.3, 0.4) is 0 Å². The van der Waals surface area contributed by atoms with Crippen LogP contribution < -0.4 is 10.1 Å². The van der Waals surface area contributed by atoms with Crippen molar-refractivity contribution in [3.63, 3.8) is 0 Å². The lowest BCUT2D eigenvalue weighted by molar-refractivity contribution is -0.192. The molecule has 0 atom stereocenters. The number of hydrogen-bond donors (Lipinski definition) is 2. The lowest BCUT2D eigenvalue weighted by Gasteiger charge is -2.26. The number of benzene rings is 1. The van der Waals surface area contributed by atoms with Crippen LogP contribution in [-0.2, 0) is 30.9 Å². The van der Waals surface area contributed by atoms with Gasteiger partial charge in [0.15, 0.2) is 0 Å². The van der Waals surface area contributed by atoms with Gasteiger partial charge in [0, 0.05) is 31.3 Å². The standard InChI is InChI=1S/C20H19FN4O3.C2HF3O2/c21-15-4-1-3-14(9-15)10-23-20(26)25-8-6-19-17(12-25)18(24-28-19)13-27-16-5-2-7-22-11-16;3-2(4,5)1(6)7/h1-5,7,9,11H,6,8,10,12-13H2,(H,23,26);(H,6,7). The Labute approximate surface area is 196 Å². The number of nitrogens with zero attached hydrogens (tertiary/aromatic N) is 3. The average Bonchev–Trinajstić information content (AvgIpc) is 3.24. The van der Waals surface area contributed by atoms with Crippen molar-refractivity contribution in [3.8, 4) is 5.75 Å². The van der Waals surface area contributed by atoms with Crippen LogP contribution in [0.2, 0.25) is 0 Å². The van der Waals surface area contributed by atoms with E-state index in [0.717, 1.165) is 11.3 Å². The Morgan fingerprint density at radius 1 is 1.23 bits per heavy atom. The Morgan fingerprint density at radius 2 is 2.00 bits per heavy atom. The van der Waals surface area contributed by atoms with Gasteiger partial charge in [-0.05, 0) is 29.8 Å². The molecular weight excluding hydrogens is 476 g/mol. The topological polar surface area (TPSA) is 118 Å². The summed E-state index contributed by atoms with van der Waals surface area (Å²) in [4.78, 5) is 27.1. The van der Waals surface area contributed by atoms with Crippen molar-refractivity contribution in [3.05, 3.63) is 77.2 Å². The lowest BCUT2D eigenvalue weighted by Crippen LogP contribution is -2.42. The van der Waals surface area contributed by atoms with Gasteiger partial charge in [0.2, 0.25) is 0 Å². The van der Waals surface area contributed by atoms with Crippen LogP contribution in [0.25, 0.3) is 0 Å². The number of aromatic nitrogens is 2. The number of carbonyl (C=O) groups excluding carboxylic acids is 1. The van der Waals surface area contributed by atoms with E-state index in [9.17, 15) is 22.4 Å². The van der Waals surface area contributed by atoms with E-state index in [4.69, 9.17) is 19.2 Å². The van der Waals surface area contributed by atoms with Crippen LogP contribution in [0.1, 0.15) is 22.6 Å². The molecule has 1 aliphatic rings. The number of urea groups is 1. The zero-order valence-electron chi connectivity index (χ0n) is 18.1. The molecule has 3 aromatic rings. The summed E-state index contributed by atoms with van der Waals surface area (Å²) in [6.07, 6.45) is -1.20. The molecule has 13 heteroatoms. The maximum Gasteiger partial charge on any atom is 0.490 e. The quantitative estimate of drug-likeness (QED) is 0.518. The van der Waals surface area contributed by atoms with E-state index in [0.29, 0.717) is 36.5 Å². The first-order chi connectivity index (χ1) is 16.6. The van der Waals surface area contributed by atoms with Crippen molar-refractivity contribution in [2.75, 3.05) is 6.54 Å². The molecule has 0 spiro atoms. The zero-order chi connectivity index (χ0) is 25.4. The van der Waals surface area contributed by atoms with E-state index < -0.39 is 12.1 Å². The molecule has 0 saturated carbocycles. The molecule has 0 radical (unpaired) electrons. The van der Waals surface area contributed by atoms with Gasteiger partial charge in [-0.1, -0.05) is 17.3 Å². The molecule has 3 heterocycles. The minimum atomic E-state index is -5.08. The van der Waals surface area contributed by atoms with E-state index >= 15 is 0 Å². The van der Waals surface area contributed by atoms with Crippen LogP contribution in [0.5, 0.6) is 5.75 Å². The number of aliphatic carboxylic acids is 1. The Balaban J connectivity index is 0.000000429. The second-order valence-electron chi connectivity index (χ2n) is 7.27. The Hall–Kier alpha value is -4.16. The van der Waals surface area contributed by atoms with Gasteiger partial charge >= 0.3 is 18.2 Å². The van der Waals surface area contributed by atoms with Crippen molar-refractivity contribution in [1.29, 1.82) is 0 Å². The predicted molar refractivity (Wildman–Crippen MR) is 112 cm³/mol. The maximum atomic E-state index is 13.3. The van der Waals surface area contributed by atoms with Gasteiger partial charge in [-0.15, -0.1) is 0 Å². The number of alkyl halides is 3. The lowest BCUT2D eigenvalue weighted by atomic mass is 10.1. The number of carbonyl (C=O) groups is 2. The van der Waals surface area contributed by atoms with Gasteiger partial charge in [-0.3, -0.25) is 4.98 Å². The normalized spacial score (nSPS) is 12.7. The predicted octanol–water partition coefficient (Wildman–Crippen LogP) is 3.69. The molecule has 186 valence electrons. The first-order valence-corrected chi connectivity index (χ1v) is 10.2. The number of pyridine rings is 1. The molecule has 2 amide bonds. The highest BCUT2D eigenvalue weighted by atomic mass is 19.4. The molecule has 1 aliphatic heterocycles. The number of amides is 2. The third-order valence-electron chi connectivity index (χ3n) is 4.78. The molecule has 0 fully saturated rings.